The Morgan fingerprint density at radius 1 is 1.25 bits per heavy atom. The monoisotopic (exact) mass is 137 g/mol. The molecule has 4 heteroatoms. The number of hydrogen-bond acceptors (Lipinski definition) is 3. The van der Waals surface area contributed by atoms with Crippen LogP contribution in [0.1, 0.15) is 0 Å². The van der Waals surface area contributed by atoms with Gasteiger partial charge in [0.2, 0.25) is 0 Å². The first-order valence-electron chi connectivity index (χ1n) is 2.60. The minimum Gasteiger partial charge on any atom is -0.314 e. The standard InChI is InChI=1S/C4H11N3.ClH/c5-7-3-1-6-2-4-7;/h6H,1-5H2;1H. The second kappa shape index (κ2) is 4.09. The molecule has 3 N–H and O–H groups in total. The van der Waals surface area contributed by atoms with Gasteiger partial charge in [0.15, 0.2) is 0 Å². The topological polar surface area (TPSA) is 41.3 Å². The van der Waals surface area contributed by atoms with Crippen molar-refractivity contribution in [2.24, 2.45) is 5.84 Å². The van der Waals surface area contributed by atoms with Gasteiger partial charge in [-0.3, -0.25) is 5.84 Å². The molecule has 1 heterocycles. The van der Waals surface area contributed by atoms with E-state index < -0.39 is 0 Å². The molecule has 0 aromatic heterocycles. The quantitative estimate of drug-likeness (QED) is 0.429. The fraction of sp³-hybridized carbons (Fsp3) is 1.00. The average Bonchev–Trinajstić information content (AvgIpc) is 1.69. The van der Waals surface area contributed by atoms with Crippen molar-refractivity contribution in [1.82, 2.24) is 10.3 Å². The van der Waals surface area contributed by atoms with Crippen LogP contribution in [0, 0.1) is 0 Å². The lowest BCUT2D eigenvalue weighted by molar-refractivity contribution is 0.248. The average molecular weight is 138 g/mol. The summed E-state index contributed by atoms with van der Waals surface area (Å²) in [6.07, 6.45) is 0. The smallest absolute Gasteiger partial charge is 0.0254 e. The number of rotatable bonds is 0. The number of piperazine rings is 1. The maximum atomic E-state index is 5.43. The second-order valence-electron chi connectivity index (χ2n) is 1.79. The Morgan fingerprint density at radius 2 is 1.75 bits per heavy atom. The second-order valence-corrected chi connectivity index (χ2v) is 1.79. The minimum absolute atomic E-state index is 0. The first kappa shape index (κ1) is 8.17. The Morgan fingerprint density at radius 3 is 2.00 bits per heavy atom. The summed E-state index contributed by atoms with van der Waals surface area (Å²) in [5, 5.41) is 5.02. The predicted molar refractivity (Wildman–Crippen MR) is 35.9 cm³/mol. The summed E-state index contributed by atoms with van der Waals surface area (Å²) in [4.78, 5) is 0. The molecule has 1 aliphatic heterocycles. The van der Waals surface area contributed by atoms with E-state index in [1.165, 1.54) is 0 Å². The van der Waals surface area contributed by atoms with Crippen molar-refractivity contribution in [2.75, 3.05) is 26.2 Å². The van der Waals surface area contributed by atoms with E-state index in [0.717, 1.165) is 26.2 Å². The highest BCUT2D eigenvalue weighted by Crippen LogP contribution is 1.79. The van der Waals surface area contributed by atoms with E-state index >= 15 is 0 Å². The third-order valence-corrected chi connectivity index (χ3v) is 1.15. The number of nitrogens with zero attached hydrogens (tertiary/aromatic N) is 1. The van der Waals surface area contributed by atoms with E-state index in [4.69, 9.17) is 5.84 Å². The molecule has 1 rings (SSSR count). The SMILES string of the molecule is Cl.NN1CCNCC1. The van der Waals surface area contributed by atoms with E-state index in [1.807, 2.05) is 5.01 Å². The molecule has 0 aromatic rings. The van der Waals surface area contributed by atoms with Gasteiger partial charge in [0, 0.05) is 26.2 Å². The van der Waals surface area contributed by atoms with Crippen LogP contribution in [-0.2, 0) is 0 Å². The van der Waals surface area contributed by atoms with Gasteiger partial charge in [0.05, 0.1) is 0 Å². The zero-order chi connectivity index (χ0) is 5.11. The molecule has 0 aliphatic carbocycles. The van der Waals surface area contributed by atoms with Crippen LogP contribution in [0.4, 0.5) is 0 Å². The maximum absolute atomic E-state index is 5.43. The van der Waals surface area contributed by atoms with Gasteiger partial charge in [-0.1, -0.05) is 0 Å². The Hall–Kier alpha value is 0.170. The number of nitrogens with two attached hydrogens (primary N) is 1. The summed E-state index contributed by atoms with van der Waals surface area (Å²) in [5.74, 6) is 5.43. The highest BCUT2D eigenvalue weighted by molar-refractivity contribution is 5.85. The Labute approximate surface area is 55.6 Å². The van der Waals surface area contributed by atoms with Crippen LogP contribution >= 0.6 is 12.4 Å². The first-order valence-corrected chi connectivity index (χ1v) is 2.60. The van der Waals surface area contributed by atoms with Crippen LogP contribution in [0.3, 0.4) is 0 Å². The third-order valence-electron chi connectivity index (χ3n) is 1.15. The van der Waals surface area contributed by atoms with Crippen molar-refractivity contribution in [3.05, 3.63) is 0 Å². The zero-order valence-corrected chi connectivity index (χ0v) is 5.58. The molecule has 0 unspecified atom stereocenters. The van der Waals surface area contributed by atoms with Crippen LogP contribution < -0.4 is 11.2 Å². The molecule has 50 valence electrons. The number of nitrogens with one attached hydrogen (secondary N) is 1. The molecule has 1 saturated heterocycles. The van der Waals surface area contributed by atoms with Gasteiger partial charge in [0.25, 0.3) is 0 Å². The van der Waals surface area contributed by atoms with E-state index in [1.54, 1.807) is 0 Å². The van der Waals surface area contributed by atoms with Gasteiger partial charge in [-0.05, 0) is 0 Å². The van der Waals surface area contributed by atoms with E-state index in [0.29, 0.717) is 0 Å². The van der Waals surface area contributed by atoms with Crippen molar-refractivity contribution in [2.45, 2.75) is 0 Å². The van der Waals surface area contributed by atoms with Gasteiger partial charge in [-0.2, -0.15) is 0 Å². The lowest BCUT2D eigenvalue weighted by Gasteiger charge is -2.21. The zero-order valence-electron chi connectivity index (χ0n) is 4.76. The highest BCUT2D eigenvalue weighted by atomic mass is 35.5. The van der Waals surface area contributed by atoms with E-state index in [-0.39, 0.29) is 12.4 Å². The predicted octanol–water partition coefficient (Wildman–Crippen LogP) is -0.813. The van der Waals surface area contributed by atoms with Gasteiger partial charge in [-0.25, -0.2) is 5.01 Å². The van der Waals surface area contributed by atoms with Gasteiger partial charge >= 0.3 is 0 Å². The van der Waals surface area contributed by atoms with Crippen LogP contribution in [0.2, 0.25) is 0 Å². The van der Waals surface area contributed by atoms with Crippen molar-refractivity contribution < 1.29 is 0 Å². The summed E-state index contributed by atoms with van der Waals surface area (Å²) >= 11 is 0. The fourth-order valence-electron chi connectivity index (χ4n) is 0.682. The van der Waals surface area contributed by atoms with Crippen LogP contribution in [0.25, 0.3) is 0 Å². The molecule has 0 aromatic carbocycles. The Balaban J connectivity index is 0.000000490. The largest absolute Gasteiger partial charge is 0.314 e. The Kier molecular flexibility index (Phi) is 4.18. The summed E-state index contributed by atoms with van der Waals surface area (Å²) in [5.41, 5.74) is 0. The lowest BCUT2D eigenvalue weighted by atomic mass is 10.4. The van der Waals surface area contributed by atoms with E-state index in [2.05, 4.69) is 5.32 Å². The summed E-state index contributed by atoms with van der Waals surface area (Å²) < 4.78 is 0. The van der Waals surface area contributed by atoms with Crippen molar-refractivity contribution in [1.29, 1.82) is 0 Å². The molecule has 1 fully saturated rings. The minimum atomic E-state index is 0. The molecule has 0 saturated carbocycles. The van der Waals surface area contributed by atoms with Gasteiger partial charge in [0.1, 0.15) is 0 Å². The van der Waals surface area contributed by atoms with Crippen LogP contribution in [-0.4, -0.2) is 31.2 Å². The molecular formula is C4H12ClN3. The maximum Gasteiger partial charge on any atom is 0.0254 e. The molecule has 0 spiro atoms. The molecule has 0 amide bonds. The molecular weight excluding hydrogens is 126 g/mol. The number of hydrogen-bond donors (Lipinski definition) is 2. The number of halogens is 1. The lowest BCUT2D eigenvalue weighted by Crippen LogP contribution is -2.47. The van der Waals surface area contributed by atoms with Crippen molar-refractivity contribution in [3.63, 3.8) is 0 Å². The fourth-order valence-corrected chi connectivity index (χ4v) is 0.682. The normalized spacial score (nSPS) is 22.1. The summed E-state index contributed by atoms with van der Waals surface area (Å²) in [6.45, 7) is 4.05. The van der Waals surface area contributed by atoms with Gasteiger partial charge in [-0.15, -0.1) is 12.4 Å². The molecule has 3 nitrogen and oxygen atoms in total. The van der Waals surface area contributed by atoms with Crippen LogP contribution in [0.5, 0.6) is 0 Å². The number of hydrazine groups is 1. The molecule has 0 bridgehead atoms. The van der Waals surface area contributed by atoms with Crippen LogP contribution in [0.15, 0.2) is 0 Å². The van der Waals surface area contributed by atoms with Gasteiger partial charge < -0.3 is 5.32 Å². The van der Waals surface area contributed by atoms with Crippen molar-refractivity contribution in [3.8, 4) is 0 Å². The van der Waals surface area contributed by atoms with E-state index in [9.17, 15) is 0 Å². The van der Waals surface area contributed by atoms with Crippen molar-refractivity contribution >= 4 is 12.4 Å². The molecule has 0 atom stereocenters. The summed E-state index contributed by atoms with van der Waals surface area (Å²) in [7, 11) is 0. The summed E-state index contributed by atoms with van der Waals surface area (Å²) in [6, 6.07) is 0. The third kappa shape index (κ3) is 2.47. The molecule has 8 heavy (non-hydrogen) atoms. The first-order chi connectivity index (χ1) is 3.39. The Bertz CT molecular complexity index is 53.2. The highest BCUT2D eigenvalue weighted by Gasteiger charge is 2.01. The molecule has 0 radical (unpaired) electrons. The molecule has 1 aliphatic rings.